The molecule has 2 amide bonds. The van der Waals surface area contributed by atoms with Crippen molar-refractivity contribution in [1.29, 1.82) is 0 Å². The quantitative estimate of drug-likeness (QED) is 0.660. The van der Waals surface area contributed by atoms with Crippen LogP contribution in [-0.2, 0) is 10.2 Å². The van der Waals surface area contributed by atoms with E-state index in [-0.39, 0.29) is 28.4 Å². The van der Waals surface area contributed by atoms with Crippen LogP contribution in [0.15, 0.2) is 48.5 Å². The lowest BCUT2D eigenvalue weighted by molar-refractivity contribution is -0.128. The largest absolute Gasteiger partial charge is 0.337 e. The number of hydrogen-bond acceptors (Lipinski definition) is 3. The predicted octanol–water partition coefficient (Wildman–Crippen LogP) is 4.86. The van der Waals surface area contributed by atoms with Crippen LogP contribution in [-0.4, -0.2) is 47.0 Å². The third-order valence-corrected chi connectivity index (χ3v) is 6.66. The topological polar surface area (TPSA) is 40.6 Å². The van der Waals surface area contributed by atoms with E-state index in [4.69, 9.17) is 0 Å². The number of carbonyl (C=O) groups excluding carboxylic acids is 2. The Morgan fingerprint density at radius 1 is 1.13 bits per heavy atom. The van der Waals surface area contributed by atoms with Gasteiger partial charge in [0.2, 0.25) is 5.91 Å². The molecule has 0 spiro atoms. The van der Waals surface area contributed by atoms with E-state index in [0.717, 1.165) is 5.56 Å². The first-order valence-corrected chi connectivity index (χ1v) is 11.3. The van der Waals surface area contributed by atoms with E-state index in [1.165, 1.54) is 29.8 Å². The Kier molecular flexibility index (Phi) is 6.86. The van der Waals surface area contributed by atoms with Gasteiger partial charge in [0.25, 0.3) is 5.91 Å². The number of rotatable bonds is 6. The molecule has 0 aromatic heterocycles. The monoisotopic (exact) mass is 428 g/mol. The number of halogens is 1. The highest BCUT2D eigenvalue weighted by Crippen LogP contribution is 2.39. The van der Waals surface area contributed by atoms with Crippen molar-refractivity contribution in [2.45, 2.75) is 38.5 Å². The number of amides is 2. The standard InChI is InChI=1S/C24H29FN2O2S/c1-5-26(22(29)17-8-12-20(25)13-9-17)14-15-27-21(28)16-30-23(27)18-6-10-19(11-7-18)24(2,3)4/h6-13,23H,5,14-16H2,1-4H3/t23-/m0/s1. The van der Waals surface area contributed by atoms with Crippen LogP contribution in [0.1, 0.15) is 54.6 Å². The smallest absolute Gasteiger partial charge is 0.253 e. The Bertz CT molecular complexity index is 891. The summed E-state index contributed by atoms with van der Waals surface area (Å²) in [5.41, 5.74) is 2.90. The molecule has 2 aromatic rings. The molecule has 1 heterocycles. The average Bonchev–Trinajstić information content (AvgIpc) is 3.09. The highest BCUT2D eigenvalue weighted by molar-refractivity contribution is 8.00. The fourth-order valence-corrected chi connectivity index (χ4v) is 4.75. The van der Waals surface area contributed by atoms with E-state index < -0.39 is 0 Å². The van der Waals surface area contributed by atoms with Gasteiger partial charge in [-0.2, -0.15) is 0 Å². The minimum atomic E-state index is -0.366. The van der Waals surface area contributed by atoms with Gasteiger partial charge in [0.1, 0.15) is 11.2 Å². The Morgan fingerprint density at radius 3 is 2.33 bits per heavy atom. The second kappa shape index (κ2) is 9.21. The van der Waals surface area contributed by atoms with Crippen molar-refractivity contribution >= 4 is 23.6 Å². The molecule has 1 fully saturated rings. The van der Waals surface area contributed by atoms with E-state index in [0.29, 0.717) is 31.0 Å². The van der Waals surface area contributed by atoms with Crippen LogP contribution in [0.2, 0.25) is 0 Å². The van der Waals surface area contributed by atoms with Crippen molar-refractivity contribution in [1.82, 2.24) is 9.80 Å². The van der Waals surface area contributed by atoms with Crippen LogP contribution in [0, 0.1) is 5.82 Å². The fraction of sp³-hybridized carbons (Fsp3) is 0.417. The molecule has 0 N–H and O–H groups in total. The van der Waals surface area contributed by atoms with Crippen molar-refractivity contribution in [3.8, 4) is 0 Å². The molecule has 0 saturated carbocycles. The summed E-state index contributed by atoms with van der Waals surface area (Å²) in [5.74, 6) is 0.0247. The van der Waals surface area contributed by atoms with Crippen molar-refractivity contribution in [3.05, 3.63) is 71.0 Å². The summed E-state index contributed by atoms with van der Waals surface area (Å²) >= 11 is 1.62. The SMILES string of the molecule is CCN(CCN1C(=O)CS[C@H]1c1ccc(C(C)(C)C)cc1)C(=O)c1ccc(F)cc1. The molecule has 0 unspecified atom stereocenters. The minimum Gasteiger partial charge on any atom is -0.337 e. The lowest BCUT2D eigenvalue weighted by atomic mass is 9.87. The number of likely N-dealkylation sites (N-methyl/N-ethyl adjacent to an activating group) is 1. The van der Waals surface area contributed by atoms with Gasteiger partial charge in [-0.1, -0.05) is 45.0 Å². The molecule has 2 aromatic carbocycles. The summed E-state index contributed by atoms with van der Waals surface area (Å²) in [4.78, 5) is 28.8. The van der Waals surface area contributed by atoms with Gasteiger partial charge in [0.05, 0.1) is 5.75 Å². The molecule has 160 valence electrons. The summed E-state index contributed by atoms with van der Waals surface area (Å²) in [7, 11) is 0. The normalized spacial score (nSPS) is 16.8. The van der Waals surface area contributed by atoms with Crippen molar-refractivity contribution in [2.24, 2.45) is 0 Å². The number of thioether (sulfide) groups is 1. The average molecular weight is 429 g/mol. The number of hydrogen-bond donors (Lipinski definition) is 0. The van der Waals surface area contributed by atoms with Gasteiger partial charge in [-0.05, 0) is 47.7 Å². The molecule has 0 radical (unpaired) electrons. The van der Waals surface area contributed by atoms with Gasteiger partial charge >= 0.3 is 0 Å². The van der Waals surface area contributed by atoms with Crippen LogP contribution in [0.25, 0.3) is 0 Å². The maximum atomic E-state index is 13.2. The molecule has 1 atom stereocenters. The number of benzene rings is 2. The molecule has 0 bridgehead atoms. The molecule has 1 saturated heterocycles. The Hall–Kier alpha value is -2.34. The van der Waals surface area contributed by atoms with Crippen LogP contribution >= 0.6 is 11.8 Å². The summed E-state index contributed by atoms with van der Waals surface area (Å²) in [6.45, 7) is 9.88. The van der Waals surface area contributed by atoms with Crippen molar-refractivity contribution in [2.75, 3.05) is 25.4 Å². The van der Waals surface area contributed by atoms with Crippen LogP contribution < -0.4 is 0 Å². The first kappa shape index (κ1) is 22.3. The highest BCUT2D eigenvalue weighted by Gasteiger charge is 2.33. The van der Waals surface area contributed by atoms with Gasteiger partial charge in [-0.15, -0.1) is 11.8 Å². The third kappa shape index (κ3) is 5.04. The Balaban J connectivity index is 1.69. The molecular formula is C24H29FN2O2S. The van der Waals surface area contributed by atoms with Gasteiger partial charge in [-0.3, -0.25) is 9.59 Å². The summed E-state index contributed by atoms with van der Waals surface area (Å²) in [5, 5.41) is -0.0360. The van der Waals surface area contributed by atoms with Crippen LogP contribution in [0.3, 0.4) is 0 Å². The first-order valence-electron chi connectivity index (χ1n) is 10.3. The Labute approximate surface area is 182 Å². The first-order chi connectivity index (χ1) is 14.2. The zero-order valence-electron chi connectivity index (χ0n) is 18.0. The lowest BCUT2D eigenvalue weighted by Crippen LogP contribution is -2.40. The van der Waals surface area contributed by atoms with Gasteiger partial charge in [0, 0.05) is 25.2 Å². The molecular weight excluding hydrogens is 399 g/mol. The van der Waals surface area contributed by atoms with Crippen LogP contribution in [0.5, 0.6) is 0 Å². The van der Waals surface area contributed by atoms with E-state index in [2.05, 4.69) is 45.0 Å². The van der Waals surface area contributed by atoms with Gasteiger partial charge in [-0.25, -0.2) is 4.39 Å². The van der Waals surface area contributed by atoms with E-state index in [1.54, 1.807) is 16.7 Å². The maximum absolute atomic E-state index is 13.2. The summed E-state index contributed by atoms with van der Waals surface area (Å²) in [6.07, 6.45) is 0. The maximum Gasteiger partial charge on any atom is 0.253 e. The third-order valence-electron chi connectivity index (χ3n) is 5.40. The zero-order valence-corrected chi connectivity index (χ0v) is 18.8. The molecule has 30 heavy (non-hydrogen) atoms. The number of nitrogens with zero attached hydrogens (tertiary/aromatic N) is 2. The van der Waals surface area contributed by atoms with Gasteiger partial charge < -0.3 is 9.80 Å². The van der Waals surface area contributed by atoms with Crippen LogP contribution in [0.4, 0.5) is 4.39 Å². The lowest BCUT2D eigenvalue weighted by Gasteiger charge is -2.29. The second-order valence-corrected chi connectivity index (χ2v) is 9.58. The van der Waals surface area contributed by atoms with E-state index >= 15 is 0 Å². The molecule has 6 heteroatoms. The van der Waals surface area contributed by atoms with Crippen molar-refractivity contribution < 1.29 is 14.0 Å². The molecule has 1 aliphatic heterocycles. The summed E-state index contributed by atoms with van der Waals surface area (Å²) < 4.78 is 13.2. The molecule has 3 rings (SSSR count). The fourth-order valence-electron chi connectivity index (χ4n) is 3.53. The van der Waals surface area contributed by atoms with Crippen molar-refractivity contribution in [3.63, 3.8) is 0 Å². The Morgan fingerprint density at radius 2 is 1.77 bits per heavy atom. The summed E-state index contributed by atoms with van der Waals surface area (Å²) in [6, 6.07) is 14.0. The second-order valence-electron chi connectivity index (χ2n) is 8.51. The van der Waals surface area contributed by atoms with Gasteiger partial charge in [0.15, 0.2) is 0 Å². The minimum absolute atomic E-state index is 0.0360. The molecule has 1 aliphatic rings. The van der Waals surface area contributed by atoms with E-state index in [9.17, 15) is 14.0 Å². The zero-order chi connectivity index (χ0) is 21.9. The highest BCUT2D eigenvalue weighted by atomic mass is 32.2. The predicted molar refractivity (Wildman–Crippen MR) is 120 cm³/mol. The molecule has 0 aliphatic carbocycles. The molecule has 4 nitrogen and oxygen atoms in total. The van der Waals surface area contributed by atoms with E-state index in [1.807, 2.05) is 11.8 Å². The number of carbonyl (C=O) groups is 2.